The van der Waals surface area contributed by atoms with Gasteiger partial charge in [0.2, 0.25) is 17.8 Å². The molecule has 0 spiro atoms. The van der Waals surface area contributed by atoms with E-state index in [1.54, 1.807) is 110 Å². The van der Waals surface area contributed by atoms with Gasteiger partial charge in [-0.1, -0.05) is 289 Å². The van der Waals surface area contributed by atoms with Crippen LogP contribution in [0, 0.1) is 0 Å². The smallest absolute Gasteiger partial charge is 0.335 e. The van der Waals surface area contributed by atoms with Gasteiger partial charge in [0.25, 0.3) is 11.8 Å². The van der Waals surface area contributed by atoms with E-state index in [1.165, 1.54) is 19.5 Å². The number of nitrogens with one attached hydrogen (secondary N) is 6. The fourth-order valence-electron chi connectivity index (χ4n) is 6.82. The Balaban J connectivity index is -0.000000121. The SMILES string of the molecule is CC.CC.CC.CC.CC.CC.CC.CC.CC.CC.CC.CC.CC.CC=O.CC=O.CCNc1ccccc1.Nc1cccc(Nc2ncccn2)c1.Nc1ccccc1.O=C(Nc1cccc(Nc2ncccn2)c1)c1ccccc1.O=C(Nc1cccc(Nc2ncccn2)c1)c1ccccc1.O=C(O)c1ccccc1.[3HH]. The number of hydrogen-bond donors (Lipinski definition) is 9. The lowest BCUT2D eigenvalue weighted by Gasteiger charge is -2.08. The molecule has 3 aromatic heterocycles. The fourth-order valence-corrected chi connectivity index (χ4v) is 6.82. The van der Waals surface area contributed by atoms with Gasteiger partial charge in [-0.3, -0.25) is 9.59 Å². The molecule has 11 aromatic rings. The second kappa shape index (κ2) is 104. The van der Waals surface area contributed by atoms with E-state index in [2.05, 4.69) is 80.9 Å². The number of hydrogen-bond acceptors (Lipinski definition) is 17. The molecule has 20 heteroatoms. The predicted molar refractivity (Wildman–Crippen MR) is 506 cm³/mol. The van der Waals surface area contributed by atoms with Gasteiger partial charge in [-0.15, -0.1) is 0 Å². The van der Waals surface area contributed by atoms with Gasteiger partial charge >= 0.3 is 5.97 Å². The average Bonchev–Trinajstić information content (AvgIpc) is 0.869. The van der Waals surface area contributed by atoms with Crippen LogP contribution in [0.5, 0.6) is 0 Å². The van der Waals surface area contributed by atoms with Crippen LogP contribution in [0.25, 0.3) is 0 Å². The highest BCUT2D eigenvalue weighted by atomic mass is 16.4. The first-order valence-electron chi connectivity index (χ1n) is 40.5. The highest BCUT2D eigenvalue weighted by molar-refractivity contribution is 6.05. The lowest BCUT2D eigenvalue weighted by atomic mass is 10.2. The van der Waals surface area contributed by atoms with E-state index in [-0.39, 0.29) is 13.2 Å². The summed E-state index contributed by atoms with van der Waals surface area (Å²) in [5.74, 6) is 0.416. The van der Waals surface area contributed by atoms with Gasteiger partial charge in [0.15, 0.2) is 0 Å². The zero-order valence-electron chi connectivity index (χ0n) is 75.2. The van der Waals surface area contributed by atoms with Crippen LogP contribution in [0.3, 0.4) is 0 Å². The monoisotopic (exact) mass is 1590 g/mol. The number of amides is 2. The Morgan fingerprint density at radius 1 is 0.304 bits per heavy atom. The Bertz CT molecular complexity index is 3580. The summed E-state index contributed by atoms with van der Waals surface area (Å²) < 4.78 is 0. The first-order chi connectivity index (χ1) is 56.4. The number of carbonyl (C=O) groups excluding carboxylic acids is 4. The van der Waals surface area contributed by atoms with Crippen LogP contribution in [-0.4, -0.2) is 71.9 Å². The Kier molecular flexibility index (Phi) is 111. The van der Waals surface area contributed by atoms with Crippen molar-refractivity contribution in [2.24, 2.45) is 0 Å². The number of benzene rings is 8. The highest BCUT2D eigenvalue weighted by Crippen LogP contribution is 2.21. The van der Waals surface area contributed by atoms with Crippen molar-refractivity contribution in [2.75, 3.05) is 49.9 Å². The van der Waals surface area contributed by atoms with Crippen molar-refractivity contribution in [1.82, 2.24) is 29.9 Å². The van der Waals surface area contributed by atoms with Crippen molar-refractivity contribution in [3.63, 3.8) is 0 Å². The first kappa shape index (κ1) is 123. The number of carbonyl (C=O) groups is 5. The van der Waals surface area contributed by atoms with Crippen molar-refractivity contribution in [1.29, 1.82) is 0 Å². The van der Waals surface area contributed by atoms with E-state index < -0.39 is 5.97 Å². The number of carboxylic acid groups (broad SMARTS) is 1. The standard InChI is InChI=1S/2C17H14N4O.C10H10N4.C8H11N.C7H6O2.C6H7N.2C2H4O.13C2H6.H2/c2*22-16(13-6-2-1-3-7-13)20-14-8-4-9-15(12-14)21-17-18-10-5-11-19-17;11-8-3-1-4-9(7-8)14-10-12-5-2-6-13-10;1-2-9-8-6-4-3-5-7-8;8-7(9)6-4-2-1-3-5-6;7-6-4-2-1-3-5-6;2*1-2-3;13*1-2;/h2*1-12H,(H,20,22)(H,18,19,21);1-7H,11H2,(H,12,13,14);3-7,9H,2H2,1H3;1-5H,(H,8,9);1-5H,7H2;2*2H,1H3;13*1-2H3;1H/i;;;;;;;;;;;;;;;;;;;;;1+2. The molecule has 0 saturated heterocycles. The maximum Gasteiger partial charge on any atom is 0.335 e. The molecule has 115 heavy (non-hydrogen) atoms. The number of nitrogen functional groups attached to an aromatic ring is 2. The van der Waals surface area contributed by atoms with E-state index >= 15 is 0 Å². The van der Waals surface area contributed by atoms with Crippen molar-refractivity contribution < 1.29 is 30.5 Å². The second-order valence-corrected chi connectivity index (χ2v) is 17.5. The number of para-hydroxylation sites is 2. The molecule has 0 bridgehead atoms. The average molecular weight is 1590 g/mol. The molecule has 0 unspecified atom stereocenters. The number of carboxylic acids is 1. The minimum Gasteiger partial charge on any atom is -0.478 e. The number of nitrogens with two attached hydrogens (primary N) is 2. The molecule has 11 rings (SSSR count). The highest BCUT2D eigenvalue weighted by Gasteiger charge is 2.08. The van der Waals surface area contributed by atoms with Crippen molar-refractivity contribution in [3.8, 4) is 0 Å². The third-order valence-corrected chi connectivity index (χ3v) is 10.6. The van der Waals surface area contributed by atoms with Gasteiger partial charge in [0, 0.05) is 102 Å². The molecular weight excluding hydrogens is 1430 g/mol. The van der Waals surface area contributed by atoms with Gasteiger partial charge in [0.1, 0.15) is 12.6 Å². The van der Waals surface area contributed by atoms with Gasteiger partial charge in [-0.25, -0.2) is 34.7 Å². The molecule has 11 N–H and O–H groups in total. The zero-order valence-corrected chi connectivity index (χ0v) is 75.2. The summed E-state index contributed by atoms with van der Waals surface area (Å²) in [7, 11) is 0. The van der Waals surface area contributed by atoms with Gasteiger partial charge in [0.05, 0.1) is 5.56 Å². The molecule has 0 saturated carbocycles. The molecule has 0 aliphatic rings. The molecular formula is C95H150N14O6. The molecule has 8 aromatic carbocycles. The Hall–Kier alpha value is -12.5. The summed E-state index contributed by atoms with van der Waals surface area (Å²) in [6, 6.07) is 73.7. The second-order valence-electron chi connectivity index (χ2n) is 17.5. The molecule has 0 fully saturated rings. The lowest BCUT2D eigenvalue weighted by molar-refractivity contribution is -0.106. The van der Waals surface area contributed by atoms with Gasteiger partial charge in [-0.2, -0.15) is 0 Å². The van der Waals surface area contributed by atoms with E-state index in [0.29, 0.717) is 51.6 Å². The van der Waals surface area contributed by atoms with Crippen molar-refractivity contribution in [2.45, 2.75) is 201 Å². The number of aromatic nitrogens is 6. The number of rotatable bonds is 13. The lowest BCUT2D eigenvalue weighted by Crippen LogP contribution is -2.11. The number of anilines is 11. The molecule has 0 atom stereocenters. The van der Waals surface area contributed by atoms with Gasteiger partial charge < -0.3 is 58.1 Å². The summed E-state index contributed by atoms with van der Waals surface area (Å²) in [5.41, 5.74) is 19.2. The minimum atomic E-state index is -0.879. The van der Waals surface area contributed by atoms with Crippen LogP contribution >= 0.6 is 0 Å². The Morgan fingerprint density at radius 2 is 0.522 bits per heavy atom. The van der Waals surface area contributed by atoms with Crippen molar-refractivity contribution >= 4 is 93.7 Å². The summed E-state index contributed by atoms with van der Waals surface area (Å²) in [6.07, 6.45) is 11.5. The number of aromatic carboxylic acids is 1. The fraction of sp³-hybridized carbons (Fsp3) is 0.316. The zero-order chi connectivity index (χ0) is 89.9. The summed E-state index contributed by atoms with van der Waals surface area (Å²) in [5, 5.41) is 26.5. The minimum absolute atomic E-state index is 0. The van der Waals surface area contributed by atoms with Crippen LogP contribution in [0.1, 0.15) is 233 Å². The normalized spacial score (nSPS) is 7.83. The number of aldehydes is 2. The third-order valence-electron chi connectivity index (χ3n) is 10.6. The Morgan fingerprint density at radius 3 is 0.757 bits per heavy atom. The molecule has 20 nitrogen and oxygen atoms in total. The van der Waals surface area contributed by atoms with Crippen molar-refractivity contribution in [3.05, 3.63) is 297 Å². The van der Waals surface area contributed by atoms with E-state index in [0.717, 1.165) is 41.9 Å². The summed E-state index contributed by atoms with van der Waals surface area (Å²) >= 11 is 0. The molecule has 2 amide bonds. The topological polar surface area (TPSA) is 307 Å². The van der Waals surface area contributed by atoms with Crippen LogP contribution < -0.4 is 43.4 Å². The number of nitrogens with zero attached hydrogens (tertiary/aromatic N) is 6. The van der Waals surface area contributed by atoms with E-state index in [4.69, 9.17) is 26.2 Å². The van der Waals surface area contributed by atoms with Gasteiger partial charge in [-0.05, 0) is 154 Å². The molecule has 0 aliphatic heterocycles. The molecule has 0 radical (unpaired) electrons. The quantitative estimate of drug-likeness (QED) is 0.0383. The van der Waals surface area contributed by atoms with Crippen LogP contribution in [0.4, 0.5) is 63.3 Å². The Labute approximate surface area is 697 Å². The van der Waals surface area contributed by atoms with E-state index in [9.17, 15) is 14.4 Å². The molecule has 3 heterocycles. The molecule has 636 valence electrons. The summed E-state index contributed by atoms with van der Waals surface area (Å²) in [6.45, 7) is 58.0. The first-order valence-corrected chi connectivity index (χ1v) is 40.5. The van der Waals surface area contributed by atoms with E-state index in [1.807, 2.05) is 338 Å². The molecule has 0 aliphatic carbocycles. The van der Waals surface area contributed by atoms with Crippen LogP contribution in [-0.2, 0) is 9.59 Å². The van der Waals surface area contributed by atoms with Crippen LogP contribution in [0.2, 0.25) is 0 Å². The summed E-state index contributed by atoms with van der Waals surface area (Å²) in [4.78, 5) is 76.6. The third kappa shape index (κ3) is 74.1. The maximum absolute atomic E-state index is 12.1. The predicted octanol–water partition coefficient (Wildman–Crippen LogP) is 27.5. The largest absolute Gasteiger partial charge is 0.478 e. The maximum atomic E-state index is 12.1. The van der Waals surface area contributed by atoms with Crippen LogP contribution in [0.15, 0.2) is 280 Å².